The fraction of sp³-hybridized carbons (Fsp3) is 0.348. The summed E-state index contributed by atoms with van der Waals surface area (Å²) >= 11 is 0. The summed E-state index contributed by atoms with van der Waals surface area (Å²) in [5, 5.41) is 10.4. The molecule has 1 N–H and O–H groups in total. The topological polar surface area (TPSA) is 59.0 Å². The fourth-order valence-electron chi connectivity index (χ4n) is 3.82. The summed E-state index contributed by atoms with van der Waals surface area (Å²) in [6, 6.07) is 10.7. The lowest BCUT2D eigenvalue weighted by Crippen LogP contribution is -2.24. The van der Waals surface area contributed by atoms with Crippen LogP contribution in [0.5, 0.6) is 17.2 Å². The number of rotatable bonds is 4. The van der Waals surface area contributed by atoms with E-state index in [-0.39, 0.29) is 17.3 Å². The van der Waals surface area contributed by atoms with Gasteiger partial charge in [-0.1, -0.05) is 25.0 Å². The summed E-state index contributed by atoms with van der Waals surface area (Å²) in [4.78, 5) is 15.2. The normalized spacial score (nSPS) is 18.6. The molecular weight excluding hydrogens is 354 g/mol. The summed E-state index contributed by atoms with van der Waals surface area (Å²) in [5.74, 6) is 1.56. The van der Waals surface area contributed by atoms with Gasteiger partial charge in [-0.25, -0.2) is 0 Å². The number of phenols is 1. The van der Waals surface area contributed by atoms with E-state index in [0.29, 0.717) is 23.4 Å². The number of aromatic hydroxyl groups is 1. The lowest BCUT2D eigenvalue weighted by Gasteiger charge is -2.21. The van der Waals surface area contributed by atoms with Gasteiger partial charge in [0.2, 0.25) is 5.78 Å². The van der Waals surface area contributed by atoms with Crippen molar-refractivity contribution in [3.8, 4) is 17.2 Å². The Morgan fingerprint density at radius 3 is 2.46 bits per heavy atom. The van der Waals surface area contributed by atoms with E-state index in [1.807, 2.05) is 24.3 Å². The highest BCUT2D eigenvalue weighted by Crippen LogP contribution is 2.40. The number of phenolic OH excluding ortho intramolecular Hbond substituents is 1. The highest BCUT2D eigenvalue weighted by atomic mass is 16.5. The number of carbonyl (C=O) groups excluding carboxylic acids is 1. The Balaban J connectivity index is 1.61. The number of ketones is 1. The monoisotopic (exact) mass is 379 g/mol. The predicted molar refractivity (Wildman–Crippen MR) is 108 cm³/mol. The molecular formula is C23H25NO4. The van der Waals surface area contributed by atoms with Gasteiger partial charge in [0.15, 0.2) is 5.76 Å². The second-order valence-corrected chi connectivity index (χ2v) is 7.34. The van der Waals surface area contributed by atoms with Crippen LogP contribution in [-0.2, 0) is 6.54 Å². The molecule has 2 aliphatic heterocycles. The van der Waals surface area contributed by atoms with E-state index in [1.54, 1.807) is 25.3 Å². The molecule has 2 aromatic rings. The van der Waals surface area contributed by atoms with Crippen molar-refractivity contribution in [2.75, 3.05) is 20.2 Å². The first-order valence-corrected chi connectivity index (χ1v) is 9.81. The van der Waals surface area contributed by atoms with Gasteiger partial charge in [-0.2, -0.15) is 0 Å². The van der Waals surface area contributed by atoms with Gasteiger partial charge >= 0.3 is 0 Å². The minimum atomic E-state index is -0.150. The molecule has 146 valence electrons. The molecule has 1 fully saturated rings. The standard InChI is InChI=1S/C23H25NO4/c1-27-17-8-6-16(7-9-17)14-21-22(26)18-10-11-20(25)19(23(18)28-21)15-24-12-4-2-3-5-13-24/h6-11,14,25H,2-5,12-13,15H2,1H3/b21-14-. The first-order valence-electron chi connectivity index (χ1n) is 9.81. The first-order chi connectivity index (χ1) is 13.7. The van der Waals surface area contributed by atoms with Crippen LogP contribution in [0.25, 0.3) is 6.08 Å². The number of ether oxygens (including phenoxy) is 2. The van der Waals surface area contributed by atoms with Crippen molar-refractivity contribution in [3.63, 3.8) is 0 Å². The van der Waals surface area contributed by atoms with Crippen molar-refractivity contribution in [2.24, 2.45) is 0 Å². The number of hydrogen-bond acceptors (Lipinski definition) is 5. The van der Waals surface area contributed by atoms with Crippen LogP contribution in [0.15, 0.2) is 42.2 Å². The third-order valence-electron chi connectivity index (χ3n) is 5.41. The van der Waals surface area contributed by atoms with Crippen molar-refractivity contribution in [3.05, 3.63) is 58.8 Å². The smallest absolute Gasteiger partial charge is 0.231 e. The molecule has 2 aliphatic rings. The molecule has 2 aromatic carbocycles. The summed E-state index contributed by atoms with van der Waals surface area (Å²) in [6.45, 7) is 2.61. The van der Waals surface area contributed by atoms with Gasteiger partial charge in [0.05, 0.1) is 18.2 Å². The molecule has 0 radical (unpaired) electrons. The fourth-order valence-corrected chi connectivity index (χ4v) is 3.82. The number of nitrogens with zero attached hydrogens (tertiary/aromatic N) is 1. The number of methoxy groups -OCH3 is 1. The minimum absolute atomic E-state index is 0.150. The zero-order chi connectivity index (χ0) is 19.5. The molecule has 4 rings (SSSR count). The Hall–Kier alpha value is -2.79. The minimum Gasteiger partial charge on any atom is -0.507 e. The maximum Gasteiger partial charge on any atom is 0.231 e. The van der Waals surface area contributed by atoms with Crippen LogP contribution in [0.3, 0.4) is 0 Å². The van der Waals surface area contributed by atoms with Gasteiger partial charge in [-0.3, -0.25) is 9.69 Å². The Morgan fingerprint density at radius 2 is 1.79 bits per heavy atom. The second-order valence-electron chi connectivity index (χ2n) is 7.34. The number of likely N-dealkylation sites (tertiary alicyclic amines) is 1. The zero-order valence-electron chi connectivity index (χ0n) is 16.1. The van der Waals surface area contributed by atoms with Crippen molar-refractivity contribution >= 4 is 11.9 Å². The van der Waals surface area contributed by atoms with Crippen LogP contribution < -0.4 is 9.47 Å². The molecule has 0 aliphatic carbocycles. The number of benzene rings is 2. The largest absolute Gasteiger partial charge is 0.507 e. The third-order valence-corrected chi connectivity index (χ3v) is 5.41. The average Bonchev–Trinajstić information content (AvgIpc) is 2.88. The highest BCUT2D eigenvalue weighted by molar-refractivity contribution is 6.15. The van der Waals surface area contributed by atoms with E-state index < -0.39 is 0 Å². The zero-order valence-corrected chi connectivity index (χ0v) is 16.1. The predicted octanol–water partition coefficient (Wildman–Crippen LogP) is 4.39. The number of hydrogen-bond donors (Lipinski definition) is 1. The van der Waals surface area contributed by atoms with Crippen LogP contribution >= 0.6 is 0 Å². The number of Topliss-reactive ketones (excluding diaryl/α,β-unsaturated/α-hetero) is 1. The van der Waals surface area contributed by atoms with E-state index in [9.17, 15) is 9.90 Å². The van der Waals surface area contributed by atoms with Crippen molar-refractivity contribution in [2.45, 2.75) is 32.2 Å². The van der Waals surface area contributed by atoms with Crippen LogP contribution in [0.2, 0.25) is 0 Å². The van der Waals surface area contributed by atoms with E-state index >= 15 is 0 Å². The van der Waals surface area contributed by atoms with Crippen LogP contribution in [0.1, 0.15) is 47.2 Å². The van der Waals surface area contributed by atoms with Gasteiger partial charge in [-0.15, -0.1) is 0 Å². The third kappa shape index (κ3) is 3.76. The van der Waals surface area contributed by atoms with Gasteiger partial charge in [0.1, 0.15) is 17.2 Å². The van der Waals surface area contributed by atoms with Gasteiger partial charge in [-0.05, 0) is 61.8 Å². The molecule has 5 nitrogen and oxygen atoms in total. The van der Waals surface area contributed by atoms with E-state index in [0.717, 1.165) is 37.2 Å². The summed E-state index contributed by atoms with van der Waals surface area (Å²) in [5.41, 5.74) is 2.07. The number of allylic oxidation sites excluding steroid dienone is 1. The number of fused-ring (bicyclic) bond motifs is 1. The molecule has 0 aromatic heterocycles. The van der Waals surface area contributed by atoms with E-state index in [2.05, 4.69) is 4.90 Å². The average molecular weight is 379 g/mol. The van der Waals surface area contributed by atoms with Gasteiger partial charge in [0, 0.05) is 6.54 Å². The maximum atomic E-state index is 12.8. The van der Waals surface area contributed by atoms with E-state index in [1.165, 1.54) is 12.8 Å². The Kier molecular flexibility index (Phi) is 5.35. The molecule has 0 atom stereocenters. The lowest BCUT2D eigenvalue weighted by molar-refractivity contribution is 0.101. The molecule has 2 heterocycles. The molecule has 0 unspecified atom stereocenters. The van der Waals surface area contributed by atoms with Crippen LogP contribution in [0.4, 0.5) is 0 Å². The molecule has 0 bridgehead atoms. The Bertz CT molecular complexity index is 894. The molecule has 0 amide bonds. The van der Waals surface area contributed by atoms with Crippen molar-refractivity contribution in [1.82, 2.24) is 4.90 Å². The second kappa shape index (κ2) is 8.07. The summed E-state index contributed by atoms with van der Waals surface area (Å²) in [6.07, 6.45) is 6.56. The molecule has 28 heavy (non-hydrogen) atoms. The summed E-state index contributed by atoms with van der Waals surface area (Å²) < 4.78 is 11.1. The van der Waals surface area contributed by atoms with Crippen LogP contribution in [0, 0.1) is 0 Å². The van der Waals surface area contributed by atoms with Crippen LogP contribution in [-0.4, -0.2) is 36.0 Å². The molecule has 0 spiro atoms. The molecule has 5 heteroatoms. The quantitative estimate of drug-likeness (QED) is 0.798. The Labute approximate surface area is 165 Å². The molecule has 1 saturated heterocycles. The van der Waals surface area contributed by atoms with E-state index in [4.69, 9.17) is 9.47 Å². The molecule has 0 saturated carbocycles. The van der Waals surface area contributed by atoms with Gasteiger partial charge in [0.25, 0.3) is 0 Å². The van der Waals surface area contributed by atoms with Crippen molar-refractivity contribution < 1.29 is 19.4 Å². The number of carbonyl (C=O) groups is 1. The lowest BCUT2D eigenvalue weighted by atomic mass is 10.0. The summed E-state index contributed by atoms with van der Waals surface area (Å²) in [7, 11) is 1.62. The first kappa shape index (κ1) is 18.6. The SMILES string of the molecule is COc1ccc(/C=C2\Oc3c(ccc(O)c3CN3CCCCCC3)C2=O)cc1. The van der Waals surface area contributed by atoms with Crippen molar-refractivity contribution in [1.29, 1.82) is 0 Å². The Morgan fingerprint density at radius 1 is 1.07 bits per heavy atom. The highest BCUT2D eigenvalue weighted by Gasteiger charge is 2.31. The maximum absolute atomic E-state index is 12.8. The van der Waals surface area contributed by atoms with Gasteiger partial charge < -0.3 is 14.6 Å².